The Morgan fingerprint density at radius 2 is 1.71 bits per heavy atom. The highest BCUT2D eigenvalue weighted by molar-refractivity contribution is 7.92. The molecule has 45 heavy (non-hydrogen) atoms. The first-order chi connectivity index (χ1) is 21.1. The minimum Gasteiger partial charge on any atom is -0.490 e. The number of hydrazine groups is 1. The molecule has 2 aromatic carbocycles. The molecule has 3 heterocycles. The highest BCUT2D eigenvalue weighted by atomic mass is 32.2. The third-order valence-corrected chi connectivity index (χ3v) is 9.89. The van der Waals surface area contributed by atoms with Crippen molar-refractivity contribution in [1.82, 2.24) is 15.3 Å². The van der Waals surface area contributed by atoms with Gasteiger partial charge in [0.15, 0.2) is 0 Å². The largest absolute Gasteiger partial charge is 0.490 e. The van der Waals surface area contributed by atoms with E-state index in [1.54, 1.807) is 39.5 Å². The van der Waals surface area contributed by atoms with Gasteiger partial charge in [-0.05, 0) is 56.9 Å². The number of amides is 3. The smallest absolute Gasteiger partial charge is 0.429 e. The van der Waals surface area contributed by atoms with Gasteiger partial charge in [-0.15, -0.1) is 0 Å². The van der Waals surface area contributed by atoms with Gasteiger partial charge in [0.05, 0.1) is 11.9 Å². The molecular weight excluding hydrogens is 596 g/mol. The molecule has 0 aromatic heterocycles. The summed E-state index contributed by atoms with van der Waals surface area (Å²) in [5, 5.41) is 1.04. The van der Waals surface area contributed by atoms with Crippen LogP contribution in [0.3, 0.4) is 0 Å². The van der Waals surface area contributed by atoms with Crippen molar-refractivity contribution < 1.29 is 32.3 Å². The fourth-order valence-corrected chi connectivity index (χ4v) is 7.43. The number of anilines is 1. The van der Waals surface area contributed by atoms with Crippen LogP contribution >= 0.6 is 0 Å². The lowest BCUT2D eigenvalue weighted by atomic mass is 9.74. The Morgan fingerprint density at radius 1 is 1.07 bits per heavy atom. The maximum atomic E-state index is 14.5. The predicted molar refractivity (Wildman–Crippen MR) is 170 cm³/mol. The molecule has 3 amide bonds. The van der Waals surface area contributed by atoms with Crippen LogP contribution < -0.4 is 14.5 Å². The van der Waals surface area contributed by atoms with Crippen molar-refractivity contribution in [3.05, 3.63) is 59.7 Å². The Hall–Kier alpha value is -3.80. The van der Waals surface area contributed by atoms with Crippen LogP contribution in [0.15, 0.2) is 48.5 Å². The number of rotatable bonds is 6. The van der Waals surface area contributed by atoms with Gasteiger partial charge < -0.3 is 14.4 Å². The summed E-state index contributed by atoms with van der Waals surface area (Å²) in [7, 11) is -3.48. The molecule has 1 spiro atoms. The number of piperidine rings is 1. The third kappa shape index (κ3) is 6.90. The average molecular weight is 641 g/mol. The second-order valence-corrected chi connectivity index (χ2v) is 15.6. The van der Waals surface area contributed by atoms with E-state index in [0.717, 1.165) is 21.9 Å². The summed E-state index contributed by atoms with van der Waals surface area (Å²) in [5.41, 5.74) is 4.04. The fraction of sp³-hybridized carbons (Fsp3) is 0.545. The minimum atomic E-state index is -3.48. The lowest BCUT2D eigenvalue weighted by molar-refractivity contribution is -0.143. The van der Waals surface area contributed by atoms with E-state index in [0.29, 0.717) is 44.6 Å². The van der Waals surface area contributed by atoms with Crippen molar-refractivity contribution in [2.45, 2.75) is 83.5 Å². The third-order valence-electron chi connectivity index (χ3n) is 8.76. The molecule has 1 saturated heterocycles. The number of carbonyl (C=O) groups excluding carboxylic acids is 3. The summed E-state index contributed by atoms with van der Waals surface area (Å²) in [6.45, 7) is 9.62. The lowest BCUT2D eigenvalue weighted by Crippen LogP contribution is -2.61. The van der Waals surface area contributed by atoms with E-state index >= 15 is 0 Å². The quantitative estimate of drug-likeness (QED) is 0.473. The van der Waals surface area contributed by atoms with E-state index in [1.165, 1.54) is 10.6 Å². The molecule has 5 rings (SSSR count). The zero-order valence-electron chi connectivity index (χ0n) is 26.9. The summed E-state index contributed by atoms with van der Waals surface area (Å²) in [4.78, 5) is 42.8. The number of para-hydroxylation sites is 2. The van der Waals surface area contributed by atoms with E-state index < -0.39 is 51.1 Å². The van der Waals surface area contributed by atoms with Crippen LogP contribution in [-0.2, 0) is 36.2 Å². The zero-order valence-corrected chi connectivity index (χ0v) is 27.7. The second kappa shape index (κ2) is 12.2. The van der Waals surface area contributed by atoms with Crippen LogP contribution in [0.4, 0.5) is 10.5 Å². The highest BCUT2D eigenvalue weighted by Crippen LogP contribution is 2.48. The Morgan fingerprint density at radius 3 is 2.33 bits per heavy atom. The number of carbonyl (C=O) groups is 3. The van der Waals surface area contributed by atoms with Gasteiger partial charge in [0, 0.05) is 43.8 Å². The molecule has 0 radical (unpaired) electrons. The van der Waals surface area contributed by atoms with Crippen molar-refractivity contribution in [3.63, 3.8) is 0 Å². The maximum absolute atomic E-state index is 14.5. The minimum absolute atomic E-state index is 0.136. The molecule has 2 aromatic rings. The van der Waals surface area contributed by atoms with E-state index in [2.05, 4.69) is 5.43 Å². The molecule has 12 heteroatoms. The standard InChI is InChI=1S/C33H44N4O7S/c1-22(2)29(38)34-37(31(40)44-32(3,4)5)27(20-24-19-23-11-7-10-14-28(23)43-24)30(39)35-17-15-33(16-18-35)21-36(45(6,41)42)26-13-9-8-12-25(26)33/h7-14,22,24,27H,15-21H2,1-6H3,(H,34,38). The number of hydrogen-bond acceptors (Lipinski definition) is 7. The highest BCUT2D eigenvalue weighted by Gasteiger charge is 2.49. The lowest BCUT2D eigenvalue weighted by Gasteiger charge is -2.42. The Balaban J connectivity index is 1.42. The van der Waals surface area contributed by atoms with Gasteiger partial charge in [-0.25, -0.2) is 18.2 Å². The summed E-state index contributed by atoms with van der Waals surface area (Å²) in [6, 6.07) is 14.1. The van der Waals surface area contributed by atoms with Gasteiger partial charge in [-0.3, -0.25) is 19.3 Å². The van der Waals surface area contributed by atoms with E-state index in [9.17, 15) is 22.8 Å². The summed E-state index contributed by atoms with van der Waals surface area (Å²) in [5.74, 6) is -0.465. The molecule has 11 nitrogen and oxygen atoms in total. The number of ether oxygens (including phenoxy) is 2. The van der Waals surface area contributed by atoms with Gasteiger partial charge in [0.1, 0.15) is 23.5 Å². The Labute approximate surface area is 265 Å². The average Bonchev–Trinajstić information content (AvgIpc) is 3.53. The first-order valence-electron chi connectivity index (χ1n) is 15.5. The first kappa shape index (κ1) is 32.6. The number of benzene rings is 2. The molecule has 0 aliphatic carbocycles. The van der Waals surface area contributed by atoms with Crippen LogP contribution in [0.25, 0.3) is 0 Å². The van der Waals surface area contributed by atoms with E-state index in [1.807, 2.05) is 48.5 Å². The Bertz CT molecular complexity index is 1540. The number of nitrogens with one attached hydrogen (secondary N) is 1. The second-order valence-electron chi connectivity index (χ2n) is 13.7. The van der Waals surface area contributed by atoms with Gasteiger partial charge in [0.2, 0.25) is 21.8 Å². The summed E-state index contributed by atoms with van der Waals surface area (Å²) >= 11 is 0. The topological polar surface area (TPSA) is 126 Å². The molecule has 2 atom stereocenters. The number of sulfonamides is 1. The molecular formula is C33H44N4O7S. The monoisotopic (exact) mass is 640 g/mol. The summed E-state index contributed by atoms with van der Waals surface area (Å²) < 4.78 is 38.7. The van der Waals surface area contributed by atoms with Gasteiger partial charge in [0.25, 0.3) is 0 Å². The molecule has 1 N–H and O–H groups in total. The number of nitrogens with zero attached hydrogens (tertiary/aromatic N) is 3. The van der Waals surface area contributed by atoms with Crippen LogP contribution in [0.1, 0.15) is 65.0 Å². The van der Waals surface area contributed by atoms with Crippen molar-refractivity contribution in [2.24, 2.45) is 5.92 Å². The molecule has 244 valence electrons. The number of hydrogen-bond donors (Lipinski definition) is 1. The van der Waals surface area contributed by atoms with Crippen molar-refractivity contribution in [1.29, 1.82) is 0 Å². The SMILES string of the molecule is CC(C)C(=O)NN(C(=O)OC(C)(C)C)C(CC1Cc2ccccc2O1)C(=O)N1CCC2(CC1)CN(S(C)(=O)=O)c1ccccc12. The fourth-order valence-electron chi connectivity index (χ4n) is 6.43. The van der Waals surface area contributed by atoms with Crippen molar-refractivity contribution >= 4 is 33.6 Å². The van der Waals surface area contributed by atoms with Gasteiger partial charge in [-0.1, -0.05) is 50.2 Å². The van der Waals surface area contributed by atoms with Gasteiger partial charge in [-0.2, -0.15) is 0 Å². The molecule has 0 bridgehead atoms. The normalized spacial score (nSPS) is 19.5. The maximum Gasteiger partial charge on any atom is 0.429 e. The molecule has 0 saturated carbocycles. The molecule has 1 fully saturated rings. The Kier molecular flexibility index (Phi) is 8.82. The first-order valence-corrected chi connectivity index (χ1v) is 17.4. The van der Waals surface area contributed by atoms with Crippen molar-refractivity contribution in [3.8, 4) is 5.75 Å². The summed E-state index contributed by atoms with van der Waals surface area (Å²) in [6.07, 6.45) is 1.77. The molecule has 3 aliphatic heterocycles. The molecule has 3 aliphatic rings. The van der Waals surface area contributed by atoms with E-state index in [4.69, 9.17) is 9.47 Å². The van der Waals surface area contributed by atoms with Gasteiger partial charge >= 0.3 is 6.09 Å². The van der Waals surface area contributed by atoms with Crippen LogP contribution in [-0.4, -0.2) is 79.9 Å². The van der Waals surface area contributed by atoms with Crippen LogP contribution in [0.2, 0.25) is 0 Å². The van der Waals surface area contributed by atoms with Crippen LogP contribution in [0, 0.1) is 5.92 Å². The van der Waals surface area contributed by atoms with E-state index in [-0.39, 0.29) is 12.3 Å². The van der Waals surface area contributed by atoms with Crippen molar-refractivity contribution in [2.75, 3.05) is 30.2 Å². The predicted octanol–water partition coefficient (Wildman–Crippen LogP) is 4.01. The number of fused-ring (bicyclic) bond motifs is 3. The molecule has 2 unspecified atom stereocenters. The zero-order chi connectivity index (χ0) is 32.7. The van der Waals surface area contributed by atoms with Crippen LogP contribution in [0.5, 0.6) is 5.75 Å². The number of likely N-dealkylation sites (tertiary alicyclic amines) is 1.